The van der Waals surface area contributed by atoms with Gasteiger partial charge >= 0.3 is 0 Å². The molecular weight excluding hydrogens is 226 g/mol. The van der Waals surface area contributed by atoms with Crippen molar-refractivity contribution in [3.63, 3.8) is 0 Å². The van der Waals surface area contributed by atoms with Gasteiger partial charge in [-0.2, -0.15) is 0 Å². The van der Waals surface area contributed by atoms with Gasteiger partial charge in [0.05, 0.1) is 12.9 Å². The molecule has 1 atom stereocenters. The third-order valence-corrected chi connectivity index (χ3v) is 2.80. The molecule has 1 aromatic carbocycles. The summed E-state index contributed by atoms with van der Waals surface area (Å²) >= 11 is 0. The first-order chi connectivity index (χ1) is 8.79. The molecule has 1 heterocycles. The largest absolute Gasteiger partial charge is 0.494 e. The normalized spacial score (nSPS) is 12.3. The molecule has 0 bridgehead atoms. The van der Waals surface area contributed by atoms with E-state index in [1.165, 1.54) is 0 Å². The highest BCUT2D eigenvalue weighted by atomic mass is 16.5. The fourth-order valence-corrected chi connectivity index (χ4v) is 2.01. The average Bonchev–Trinajstić information content (AvgIpc) is 2.84. The topological polar surface area (TPSA) is 48.4 Å². The van der Waals surface area contributed by atoms with Crippen molar-refractivity contribution in [3.05, 3.63) is 54.0 Å². The summed E-state index contributed by atoms with van der Waals surface area (Å²) in [5.74, 6) is 1.85. The van der Waals surface area contributed by atoms with Crippen LogP contribution in [0.25, 0.3) is 0 Å². The van der Waals surface area contributed by atoms with Gasteiger partial charge < -0.3 is 14.9 Å². The van der Waals surface area contributed by atoms with E-state index in [4.69, 9.17) is 14.9 Å². The molecule has 1 unspecified atom stereocenters. The van der Waals surface area contributed by atoms with Gasteiger partial charge in [0.2, 0.25) is 0 Å². The number of hydrogen-bond acceptors (Lipinski definition) is 3. The Morgan fingerprint density at radius 2 is 2.00 bits per heavy atom. The van der Waals surface area contributed by atoms with Gasteiger partial charge in [0.25, 0.3) is 0 Å². The Morgan fingerprint density at radius 1 is 1.17 bits per heavy atom. The molecule has 0 aliphatic rings. The van der Waals surface area contributed by atoms with Crippen LogP contribution in [0.4, 0.5) is 0 Å². The monoisotopic (exact) mass is 245 g/mol. The lowest BCUT2D eigenvalue weighted by molar-refractivity contribution is 0.335. The highest BCUT2D eigenvalue weighted by Crippen LogP contribution is 2.20. The van der Waals surface area contributed by atoms with Gasteiger partial charge in [-0.25, -0.2) is 0 Å². The molecule has 0 aliphatic heterocycles. The highest BCUT2D eigenvalue weighted by molar-refractivity contribution is 5.34. The Labute approximate surface area is 108 Å². The summed E-state index contributed by atoms with van der Waals surface area (Å²) in [6, 6.07) is 11.9. The van der Waals surface area contributed by atoms with Crippen LogP contribution in [0.3, 0.4) is 0 Å². The molecule has 0 fully saturated rings. The van der Waals surface area contributed by atoms with Gasteiger partial charge in [0.1, 0.15) is 11.5 Å². The predicted molar refractivity (Wildman–Crippen MR) is 71.7 cm³/mol. The van der Waals surface area contributed by atoms with Crippen LogP contribution in [0.1, 0.15) is 18.2 Å². The molecule has 0 saturated carbocycles. The summed E-state index contributed by atoms with van der Waals surface area (Å²) in [6.45, 7) is 2.66. The third kappa shape index (κ3) is 3.37. The Morgan fingerprint density at radius 3 is 2.72 bits per heavy atom. The van der Waals surface area contributed by atoms with Crippen LogP contribution in [0, 0.1) is 0 Å². The third-order valence-electron chi connectivity index (χ3n) is 2.80. The van der Waals surface area contributed by atoms with Crippen molar-refractivity contribution in [2.75, 3.05) is 6.61 Å². The molecule has 1 aromatic heterocycles. The molecule has 0 spiro atoms. The van der Waals surface area contributed by atoms with E-state index >= 15 is 0 Å². The van der Waals surface area contributed by atoms with Crippen molar-refractivity contribution >= 4 is 0 Å². The second-order valence-corrected chi connectivity index (χ2v) is 4.29. The Hall–Kier alpha value is -1.74. The molecule has 2 N–H and O–H groups in total. The summed E-state index contributed by atoms with van der Waals surface area (Å²) < 4.78 is 10.9. The lowest BCUT2D eigenvalue weighted by Gasteiger charge is -2.14. The zero-order valence-electron chi connectivity index (χ0n) is 10.6. The van der Waals surface area contributed by atoms with E-state index in [0.717, 1.165) is 29.9 Å². The number of para-hydroxylation sites is 1. The maximum atomic E-state index is 6.15. The van der Waals surface area contributed by atoms with E-state index in [0.29, 0.717) is 6.61 Å². The van der Waals surface area contributed by atoms with Crippen molar-refractivity contribution in [3.8, 4) is 5.75 Å². The minimum atomic E-state index is 0.0396. The molecule has 96 valence electrons. The first kappa shape index (κ1) is 12.7. The van der Waals surface area contributed by atoms with Gasteiger partial charge in [-0.3, -0.25) is 0 Å². The van der Waals surface area contributed by atoms with Crippen LogP contribution < -0.4 is 10.5 Å². The lowest BCUT2D eigenvalue weighted by atomic mass is 10.0. The van der Waals surface area contributed by atoms with Crippen LogP contribution >= 0.6 is 0 Å². The molecular formula is C15H19NO2. The molecule has 3 nitrogen and oxygen atoms in total. The van der Waals surface area contributed by atoms with Crippen LogP contribution in [-0.2, 0) is 12.8 Å². The van der Waals surface area contributed by atoms with Crippen molar-refractivity contribution in [1.82, 2.24) is 0 Å². The van der Waals surface area contributed by atoms with Crippen LogP contribution in [-0.4, -0.2) is 12.6 Å². The van der Waals surface area contributed by atoms with E-state index in [-0.39, 0.29) is 6.04 Å². The van der Waals surface area contributed by atoms with E-state index in [1.54, 1.807) is 6.26 Å². The molecule has 0 saturated heterocycles. The van der Waals surface area contributed by atoms with Gasteiger partial charge in [-0.15, -0.1) is 0 Å². The first-order valence-electron chi connectivity index (χ1n) is 6.28. The lowest BCUT2D eigenvalue weighted by Crippen LogP contribution is -2.25. The van der Waals surface area contributed by atoms with Crippen molar-refractivity contribution in [1.29, 1.82) is 0 Å². The fourth-order valence-electron chi connectivity index (χ4n) is 2.01. The molecule has 0 aliphatic carbocycles. The molecule has 18 heavy (non-hydrogen) atoms. The van der Waals surface area contributed by atoms with Gasteiger partial charge in [0.15, 0.2) is 0 Å². The summed E-state index contributed by atoms with van der Waals surface area (Å²) in [5.41, 5.74) is 7.30. The average molecular weight is 245 g/mol. The summed E-state index contributed by atoms with van der Waals surface area (Å²) in [5, 5.41) is 0. The van der Waals surface area contributed by atoms with Gasteiger partial charge in [0, 0.05) is 12.5 Å². The van der Waals surface area contributed by atoms with E-state index in [1.807, 2.05) is 37.3 Å². The predicted octanol–water partition coefficient (Wildman–Crippen LogP) is 2.79. The van der Waals surface area contributed by atoms with E-state index < -0.39 is 0 Å². The Balaban J connectivity index is 2.00. The Bertz CT molecular complexity index is 465. The van der Waals surface area contributed by atoms with Crippen LogP contribution in [0.15, 0.2) is 47.1 Å². The SMILES string of the molecule is CCOc1ccccc1CC(N)Cc1ccco1. The van der Waals surface area contributed by atoms with Crippen LogP contribution in [0.5, 0.6) is 5.75 Å². The Kier molecular flexibility index (Phi) is 4.42. The number of rotatable bonds is 6. The maximum absolute atomic E-state index is 6.15. The summed E-state index contributed by atoms with van der Waals surface area (Å²) in [6.07, 6.45) is 3.21. The van der Waals surface area contributed by atoms with Gasteiger partial charge in [-0.1, -0.05) is 18.2 Å². The fraction of sp³-hybridized carbons (Fsp3) is 0.333. The molecule has 0 radical (unpaired) electrons. The standard InChI is InChI=1S/C15H19NO2/c1-2-17-15-8-4-3-6-12(15)10-13(16)11-14-7-5-9-18-14/h3-9,13H,2,10-11,16H2,1H3. The van der Waals surface area contributed by atoms with E-state index in [2.05, 4.69) is 6.07 Å². The summed E-state index contributed by atoms with van der Waals surface area (Å²) in [7, 11) is 0. The number of furan rings is 1. The molecule has 3 heteroatoms. The highest BCUT2D eigenvalue weighted by Gasteiger charge is 2.10. The van der Waals surface area contributed by atoms with Crippen molar-refractivity contribution < 1.29 is 9.15 Å². The maximum Gasteiger partial charge on any atom is 0.122 e. The number of benzene rings is 1. The van der Waals surface area contributed by atoms with Crippen LogP contribution in [0.2, 0.25) is 0 Å². The number of hydrogen-bond donors (Lipinski definition) is 1. The second-order valence-electron chi connectivity index (χ2n) is 4.29. The molecule has 2 rings (SSSR count). The zero-order valence-corrected chi connectivity index (χ0v) is 10.6. The van der Waals surface area contributed by atoms with Crippen molar-refractivity contribution in [2.24, 2.45) is 5.73 Å². The minimum absolute atomic E-state index is 0.0396. The van der Waals surface area contributed by atoms with Gasteiger partial charge in [-0.05, 0) is 37.1 Å². The molecule has 2 aromatic rings. The zero-order chi connectivity index (χ0) is 12.8. The van der Waals surface area contributed by atoms with E-state index in [9.17, 15) is 0 Å². The van der Waals surface area contributed by atoms with Crippen molar-refractivity contribution in [2.45, 2.75) is 25.8 Å². The second kappa shape index (κ2) is 6.26. The molecule has 0 amide bonds. The number of nitrogens with two attached hydrogens (primary N) is 1. The minimum Gasteiger partial charge on any atom is -0.494 e. The summed E-state index contributed by atoms with van der Waals surface area (Å²) in [4.78, 5) is 0. The quantitative estimate of drug-likeness (QED) is 0.851. The first-order valence-corrected chi connectivity index (χ1v) is 6.28. The smallest absolute Gasteiger partial charge is 0.122 e. The number of ether oxygens (including phenoxy) is 1.